The fraction of sp³-hybridized carbons (Fsp3) is 0.146. The zero-order chi connectivity index (χ0) is 48.0. The lowest BCUT2D eigenvalue weighted by atomic mass is 10.1. The van der Waals surface area contributed by atoms with Crippen LogP contribution in [0.3, 0.4) is 0 Å². The number of Topliss-reactive ketones (excluding diaryl/α,β-unsaturated/α-hetero) is 1. The van der Waals surface area contributed by atoms with E-state index in [9.17, 15) is 27.6 Å². The Balaban J connectivity index is 0.000000217. The summed E-state index contributed by atoms with van der Waals surface area (Å²) in [5, 5.41) is 0.272. The summed E-state index contributed by atoms with van der Waals surface area (Å²) in [6, 6.07) is 28.9. The van der Waals surface area contributed by atoms with Gasteiger partial charge in [0, 0.05) is 5.56 Å². The number of halogens is 9. The van der Waals surface area contributed by atoms with Crippen molar-refractivity contribution in [2.45, 2.75) is 34.6 Å². The Morgan fingerprint density at radius 3 is 1.29 bits per heavy atom. The van der Waals surface area contributed by atoms with Gasteiger partial charge in [0.15, 0.2) is 0 Å². The van der Waals surface area contributed by atoms with Crippen LogP contribution in [0, 0.1) is 38.2 Å². The highest BCUT2D eigenvalue weighted by molar-refractivity contribution is 9.10. The molecule has 0 aromatic heterocycles. The van der Waals surface area contributed by atoms with E-state index in [0.29, 0.717) is 27.5 Å². The third-order valence-corrected chi connectivity index (χ3v) is 10.2. The van der Waals surface area contributed by atoms with E-state index >= 15 is 0 Å². The third-order valence-electron chi connectivity index (χ3n) is 8.31. The summed E-state index contributed by atoms with van der Waals surface area (Å²) in [7, 11) is 0. The van der Waals surface area contributed by atoms with E-state index in [1.54, 1.807) is 44.2 Å². The van der Waals surface area contributed by atoms with Crippen molar-refractivity contribution >= 4 is 97.2 Å². The highest BCUT2D eigenvalue weighted by Gasteiger charge is 2.25. The minimum atomic E-state index is -1.13. The van der Waals surface area contributed by atoms with Crippen LogP contribution < -0.4 is 14.2 Å². The number of esters is 2. The van der Waals surface area contributed by atoms with Gasteiger partial charge in [0.2, 0.25) is 0 Å². The second-order valence-corrected chi connectivity index (χ2v) is 16.4. The first-order chi connectivity index (χ1) is 30.8. The van der Waals surface area contributed by atoms with E-state index in [2.05, 4.69) is 20.7 Å². The smallest absolute Gasteiger partial charge is 0.379 e. The molecular weight excluding hydrogens is 1020 g/mol. The number of benzene rings is 6. The second-order valence-electron chi connectivity index (χ2n) is 13.4. The number of aryl methyl sites for hydroxylation is 3. The van der Waals surface area contributed by atoms with E-state index in [4.69, 9.17) is 77.0 Å². The number of ether oxygens (including phenoxy) is 5. The van der Waals surface area contributed by atoms with E-state index in [-0.39, 0.29) is 50.9 Å². The quantitative estimate of drug-likeness (QED) is 0.0393. The van der Waals surface area contributed by atoms with Crippen molar-refractivity contribution in [3.63, 3.8) is 0 Å². The van der Waals surface area contributed by atoms with Crippen molar-refractivity contribution in [1.29, 1.82) is 0 Å². The summed E-state index contributed by atoms with van der Waals surface area (Å²) in [6.45, 7) is 9.03. The van der Waals surface area contributed by atoms with Gasteiger partial charge in [-0.1, -0.05) is 94.4 Å². The normalized spacial score (nSPS) is 10.3. The highest BCUT2D eigenvalue weighted by atomic mass is 79.9. The number of hydrogen-bond acceptors (Lipinski definition) is 8. The molecule has 0 radical (unpaired) electrons. The number of carbonyl (C=O) groups excluding carboxylic acids is 3. The Morgan fingerprint density at radius 2 is 0.892 bits per heavy atom. The molecule has 0 atom stereocenters. The summed E-state index contributed by atoms with van der Waals surface area (Å²) >= 11 is 32.5. The van der Waals surface area contributed by atoms with Crippen LogP contribution in [-0.4, -0.2) is 30.9 Å². The summed E-state index contributed by atoms with van der Waals surface area (Å²) in [4.78, 5) is 35.4. The van der Waals surface area contributed by atoms with Crippen LogP contribution in [0.1, 0.15) is 46.5 Å². The topological polar surface area (TPSA) is 97.4 Å². The molecule has 0 aliphatic heterocycles. The summed E-state index contributed by atoms with van der Waals surface area (Å²) in [5.74, 6) is -2.84. The number of carbonyl (C=O) groups is 3. The molecule has 0 saturated heterocycles. The van der Waals surface area contributed by atoms with Gasteiger partial charge in [0.1, 0.15) is 62.0 Å². The second kappa shape index (κ2) is 24.9. The van der Waals surface area contributed by atoms with Gasteiger partial charge in [0.05, 0.1) is 38.3 Å². The Morgan fingerprint density at radius 1 is 0.523 bits per heavy atom. The van der Waals surface area contributed by atoms with Crippen LogP contribution in [0.2, 0.25) is 15.1 Å². The predicted octanol–water partition coefficient (Wildman–Crippen LogP) is 16.0. The number of ketones is 1. The molecule has 8 nitrogen and oxygen atoms in total. The third kappa shape index (κ3) is 15.4. The van der Waals surface area contributed by atoms with Crippen LogP contribution in [0.25, 0.3) is 5.57 Å². The molecule has 0 spiro atoms. The SMILES string of the molecule is CCOC(=O)C(=C(Cl)Cl)c1cc(Oc2cccc(C)c2)c(Cl)cc1F.CCOC(=O)C(=O)c1cc(Oc2cccc(C)c2)c(Cl)cc1F.Cc1cccc(Oc2cc(Br)c(F)cc2Cl)c1. The summed E-state index contributed by atoms with van der Waals surface area (Å²) in [6.07, 6.45) is 0. The zero-order valence-electron chi connectivity index (χ0n) is 35.0. The minimum Gasteiger partial charge on any atom is -0.462 e. The summed E-state index contributed by atoms with van der Waals surface area (Å²) in [5.41, 5.74) is 2.12. The van der Waals surface area contributed by atoms with Crippen molar-refractivity contribution in [1.82, 2.24) is 0 Å². The first kappa shape index (κ1) is 52.4. The molecule has 0 bridgehead atoms. The van der Waals surface area contributed by atoms with Crippen molar-refractivity contribution in [2.75, 3.05) is 13.2 Å². The molecule has 0 aliphatic carbocycles. The molecular formula is C48H37BrCl5F3O8. The molecule has 17 heteroatoms. The maximum absolute atomic E-state index is 14.3. The monoisotopic (exact) mass is 1050 g/mol. The lowest BCUT2D eigenvalue weighted by molar-refractivity contribution is -0.137. The van der Waals surface area contributed by atoms with E-state index in [1.165, 1.54) is 18.2 Å². The average molecular weight is 1060 g/mol. The largest absolute Gasteiger partial charge is 0.462 e. The summed E-state index contributed by atoms with van der Waals surface area (Å²) < 4.78 is 67.7. The molecule has 0 saturated carbocycles. The van der Waals surface area contributed by atoms with Crippen molar-refractivity contribution < 1.29 is 51.2 Å². The molecule has 0 aliphatic rings. The fourth-order valence-electron chi connectivity index (χ4n) is 5.38. The van der Waals surface area contributed by atoms with Crippen LogP contribution >= 0.6 is 73.9 Å². The van der Waals surface area contributed by atoms with Gasteiger partial charge in [-0.25, -0.2) is 22.8 Å². The molecule has 0 unspecified atom stereocenters. The standard InChI is InChI=1S/C18H14Cl3FO3.C17H14ClFO4.C13H9BrClFO/c1-3-24-18(23)16(17(20)21)12-8-15(13(19)9-14(12)22)25-11-6-4-5-10(2)7-11;1-3-22-17(21)16(20)12-8-15(13(18)9-14(12)19)23-11-6-4-5-10(2)7-11;1-8-3-2-4-9(5-8)17-13-6-10(14)12(16)7-11(13)15/h4-9H,3H2,1-2H3;4-9H,3H2,1-2H3;2-7H,1H3. The van der Waals surface area contributed by atoms with E-state index in [1.807, 2.05) is 63.2 Å². The van der Waals surface area contributed by atoms with Gasteiger partial charge < -0.3 is 23.7 Å². The van der Waals surface area contributed by atoms with Crippen molar-refractivity contribution in [2.24, 2.45) is 0 Å². The Kier molecular flexibility index (Phi) is 20.1. The van der Waals surface area contributed by atoms with Crippen LogP contribution in [-0.2, 0) is 19.1 Å². The molecule has 0 fully saturated rings. The van der Waals surface area contributed by atoms with Gasteiger partial charge in [0.25, 0.3) is 5.78 Å². The van der Waals surface area contributed by atoms with Crippen LogP contribution in [0.4, 0.5) is 13.2 Å². The molecule has 6 aromatic rings. The Hall–Kier alpha value is -5.21. The molecule has 6 rings (SSSR count). The lowest BCUT2D eigenvalue weighted by Crippen LogP contribution is -2.18. The van der Waals surface area contributed by atoms with Gasteiger partial charge >= 0.3 is 11.9 Å². The van der Waals surface area contributed by atoms with Crippen LogP contribution in [0.15, 0.2) is 118 Å². The zero-order valence-corrected chi connectivity index (χ0v) is 40.3. The highest BCUT2D eigenvalue weighted by Crippen LogP contribution is 2.38. The van der Waals surface area contributed by atoms with E-state index < -0.39 is 45.2 Å². The van der Waals surface area contributed by atoms with Gasteiger partial charge in [-0.15, -0.1) is 0 Å². The van der Waals surface area contributed by atoms with Crippen LogP contribution in [0.5, 0.6) is 34.5 Å². The Bertz CT molecular complexity index is 2730. The predicted molar refractivity (Wildman–Crippen MR) is 252 cm³/mol. The van der Waals surface area contributed by atoms with Gasteiger partial charge in [-0.05, 0) is 140 Å². The van der Waals surface area contributed by atoms with Crippen molar-refractivity contribution in [3.8, 4) is 34.5 Å². The van der Waals surface area contributed by atoms with E-state index in [0.717, 1.165) is 34.9 Å². The Labute approximate surface area is 406 Å². The number of rotatable bonds is 12. The number of hydrogen-bond donors (Lipinski definition) is 0. The molecule has 6 aromatic carbocycles. The fourth-order valence-corrected chi connectivity index (χ4v) is 6.63. The first-order valence-corrected chi connectivity index (χ1v) is 21.8. The minimum absolute atomic E-state index is 0.00980. The molecule has 0 amide bonds. The maximum Gasteiger partial charge on any atom is 0.379 e. The maximum atomic E-state index is 14.3. The molecule has 340 valence electrons. The average Bonchev–Trinajstić information content (AvgIpc) is 3.23. The molecule has 0 heterocycles. The van der Waals surface area contributed by atoms with Gasteiger partial charge in [-0.3, -0.25) is 4.79 Å². The molecule has 65 heavy (non-hydrogen) atoms. The lowest BCUT2D eigenvalue weighted by Gasteiger charge is -2.13. The molecule has 0 N–H and O–H groups in total. The first-order valence-electron chi connectivity index (χ1n) is 19.1. The van der Waals surface area contributed by atoms with Gasteiger partial charge in [-0.2, -0.15) is 0 Å². The van der Waals surface area contributed by atoms with Crippen molar-refractivity contribution in [3.05, 3.63) is 178 Å².